The van der Waals surface area contributed by atoms with Crippen molar-refractivity contribution in [1.29, 1.82) is 0 Å². The fraction of sp³-hybridized carbons (Fsp3) is 0.0500. The standard InChI is InChI=1S/C20H14N2O5/c1-12-5-4-6-14(9-12)26-17-10-13(22(24)25)11-18-19(17)20(23)21-15-7-2-3-8-16(15)27-18/h2-11H,1H3,(H-,21,23,24,25)/p+1. The first-order chi connectivity index (χ1) is 13.0. The first-order valence-corrected chi connectivity index (χ1v) is 8.18. The van der Waals surface area contributed by atoms with Crippen molar-refractivity contribution < 1.29 is 24.4 Å². The quantitative estimate of drug-likeness (QED) is 0.643. The van der Waals surface area contributed by atoms with Crippen LogP contribution in [0.15, 0.2) is 60.7 Å². The fourth-order valence-corrected chi connectivity index (χ4v) is 2.84. The van der Waals surface area contributed by atoms with E-state index in [0.29, 0.717) is 17.2 Å². The van der Waals surface area contributed by atoms with Gasteiger partial charge in [0, 0.05) is 0 Å². The molecule has 1 aliphatic rings. The fourth-order valence-electron chi connectivity index (χ4n) is 2.84. The molecule has 2 N–H and O–H groups in total. The normalized spacial score (nSPS) is 12.1. The van der Waals surface area contributed by atoms with Crippen LogP contribution >= 0.6 is 0 Å². The van der Waals surface area contributed by atoms with Crippen molar-refractivity contribution in [1.82, 2.24) is 0 Å². The van der Waals surface area contributed by atoms with Gasteiger partial charge < -0.3 is 14.8 Å². The number of carbonyl (C=O) groups excluding carboxylic acids is 1. The Hall–Kier alpha value is -3.87. The molecule has 1 aliphatic heterocycles. The van der Waals surface area contributed by atoms with Gasteiger partial charge in [0.25, 0.3) is 10.8 Å². The number of fused-ring (bicyclic) bond motifs is 2. The van der Waals surface area contributed by atoms with E-state index in [1.807, 2.05) is 19.1 Å². The summed E-state index contributed by atoms with van der Waals surface area (Å²) in [7, 11) is 0. The Bertz CT molecular complexity index is 1080. The van der Waals surface area contributed by atoms with Gasteiger partial charge in [0.15, 0.2) is 17.2 Å². The lowest BCUT2D eigenvalue weighted by Crippen LogP contribution is -2.12. The summed E-state index contributed by atoms with van der Waals surface area (Å²) in [5, 5.41) is 12.1. The van der Waals surface area contributed by atoms with Crippen molar-refractivity contribution >= 4 is 17.3 Å². The molecule has 27 heavy (non-hydrogen) atoms. The number of aryl methyl sites for hydroxylation is 1. The summed E-state index contributed by atoms with van der Waals surface area (Å²) < 4.78 is 11.7. The summed E-state index contributed by atoms with van der Waals surface area (Å²) in [4.78, 5) is 24.0. The van der Waals surface area contributed by atoms with Crippen LogP contribution in [0.5, 0.6) is 23.0 Å². The Labute approximate surface area is 154 Å². The monoisotopic (exact) mass is 363 g/mol. The molecular formula is C20H15N2O5+. The lowest BCUT2D eigenvalue weighted by atomic mass is 10.1. The van der Waals surface area contributed by atoms with Crippen LogP contribution in [0, 0.1) is 11.8 Å². The van der Waals surface area contributed by atoms with Crippen LogP contribution in [0.25, 0.3) is 0 Å². The number of hydrogen-bond acceptors (Lipinski definition) is 4. The van der Waals surface area contributed by atoms with E-state index in [-0.39, 0.29) is 27.7 Å². The second-order valence-corrected chi connectivity index (χ2v) is 6.06. The molecule has 0 saturated heterocycles. The number of nitrogens with one attached hydrogen (secondary N) is 1. The minimum atomic E-state index is -0.445. The zero-order valence-electron chi connectivity index (χ0n) is 14.3. The number of ether oxygens (including phenoxy) is 2. The molecule has 0 saturated carbocycles. The van der Waals surface area contributed by atoms with E-state index in [9.17, 15) is 14.9 Å². The number of rotatable bonds is 3. The molecule has 0 radical (unpaired) electrons. The molecule has 7 nitrogen and oxygen atoms in total. The van der Waals surface area contributed by atoms with Crippen molar-refractivity contribution in [2.24, 2.45) is 0 Å². The Morgan fingerprint density at radius 3 is 2.63 bits per heavy atom. The Balaban J connectivity index is 1.87. The summed E-state index contributed by atoms with van der Waals surface area (Å²) in [6.45, 7) is 1.91. The van der Waals surface area contributed by atoms with Crippen molar-refractivity contribution in [3.8, 4) is 23.0 Å². The van der Waals surface area contributed by atoms with Crippen LogP contribution in [0.3, 0.4) is 0 Å². The average Bonchev–Trinajstić information content (AvgIpc) is 2.77. The molecule has 0 bridgehead atoms. The number of para-hydroxylation sites is 2. The predicted octanol–water partition coefficient (Wildman–Crippen LogP) is 4.94. The molecule has 0 unspecified atom stereocenters. The molecule has 0 aliphatic carbocycles. The van der Waals surface area contributed by atoms with Crippen molar-refractivity contribution in [3.63, 3.8) is 0 Å². The predicted molar refractivity (Wildman–Crippen MR) is 97.2 cm³/mol. The largest absolute Gasteiger partial charge is 0.456 e. The first-order valence-electron chi connectivity index (χ1n) is 8.18. The number of benzene rings is 3. The van der Waals surface area contributed by atoms with Gasteiger partial charge in [0.05, 0.1) is 22.7 Å². The first kappa shape index (κ1) is 16.6. The average molecular weight is 363 g/mol. The van der Waals surface area contributed by atoms with Crippen LogP contribution in [0.4, 0.5) is 11.4 Å². The molecule has 0 fully saturated rings. The van der Waals surface area contributed by atoms with E-state index >= 15 is 0 Å². The van der Waals surface area contributed by atoms with Gasteiger partial charge in [-0.05, 0) is 36.8 Å². The molecule has 4 rings (SSSR count). The maximum atomic E-state index is 12.8. The van der Waals surface area contributed by atoms with Gasteiger partial charge in [-0.2, -0.15) is 0 Å². The minimum Gasteiger partial charge on any atom is -0.456 e. The van der Waals surface area contributed by atoms with Crippen molar-refractivity contribution in [2.45, 2.75) is 6.92 Å². The lowest BCUT2D eigenvalue weighted by molar-refractivity contribution is -0.729. The van der Waals surface area contributed by atoms with E-state index in [2.05, 4.69) is 5.32 Å². The van der Waals surface area contributed by atoms with Gasteiger partial charge in [-0.1, -0.05) is 24.3 Å². The van der Waals surface area contributed by atoms with Crippen molar-refractivity contribution in [2.75, 3.05) is 5.32 Å². The van der Waals surface area contributed by atoms with Crippen LogP contribution in [0.2, 0.25) is 0 Å². The summed E-state index contributed by atoms with van der Waals surface area (Å²) >= 11 is 0. The maximum absolute atomic E-state index is 12.8. The molecule has 1 amide bonds. The van der Waals surface area contributed by atoms with Gasteiger partial charge in [-0.25, -0.2) is 5.21 Å². The highest BCUT2D eigenvalue weighted by molar-refractivity contribution is 6.10. The van der Waals surface area contributed by atoms with E-state index in [0.717, 1.165) is 5.56 Å². The van der Waals surface area contributed by atoms with Crippen molar-refractivity contribution in [3.05, 3.63) is 76.7 Å². The van der Waals surface area contributed by atoms with Crippen LogP contribution in [0.1, 0.15) is 15.9 Å². The summed E-state index contributed by atoms with van der Waals surface area (Å²) in [5.74, 6) is 0.651. The SMILES string of the molecule is Cc1cccc(Oc2cc([N+](=O)O)cc3c2C(=O)Nc2ccccc2O3)c1. The minimum absolute atomic E-state index is 0.0910. The summed E-state index contributed by atoms with van der Waals surface area (Å²) in [5.41, 5.74) is 1.46. The zero-order chi connectivity index (χ0) is 19.0. The molecule has 1 heterocycles. The molecule has 0 aromatic heterocycles. The molecular weight excluding hydrogens is 348 g/mol. The molecule has 3 aromatic carbocycles. The van der Waals surface area contributed by atoms with Gasteiger partial charge in [-0.15, -0.1) is 0 Å². The van der Waals surface area contributed by atoms with Crippen LogP contribution in [-0.4, -0.2) is 16.0 Å². The molecule has 3 aromatic rings. The second kappa shape index (κ2) is 6.45. The maximum Gasteiger partial charge on any atom is 0.324 e. The third-order valence-electron chi connectivity index (χ3n) is 4.07. The molecule has 134 valence electrons. The topological polar surface area (TPSA) is 87.9 Å². The number of amides is 1. The van der Waals surface area contributed by atoms with E-state index in [1.165, 1.54) is 12.1 Å². The Kier molecular flexibility index (Phi) is 3.97. The van der Waals surface area contributed by atoms with Crippen LogP contribution < -0.4 is 14.8 Å². The third kappa shape index (κ3) is 3.18. The highest BCUT2D eigenvalue weighted by Crippen LogP contribution is 2.42. The molecule has 0 spiro atoms. The summed E-state index contributed by atoms with van der Waals surface area (Å²) in [6.07, 6.45) is 0. The lowest BCUT2D eigenvalue weighted by Gasteiger charge is -2.12. The highest BCUT2D eigenvalue weighted by Gasteiger charge is 2.30. The molecule has 0 atom stereocenters. The number of anilines is 1. The van der Waals surface area contributed by atoms with Crippen LogP contribution in [-0.2, 0) is 0 Å². The van der Waals surface area contributed by atoms with Gasteiger partial charge in [0.2, 0.25) is 0 Å². The van der Waals surface area contributed by atoms with E-state index < -0.39 is 5.91 Å². The molecule has 7 heteroatoms. The van der Waals surface area contributed by atoms with Gasteiger partial charge in [0.1, 0.15) is 11.3 Å². The Morgan fingerprint density at radius 1 is 1.04 bits per heavy atom. The van der Waals surface area contributed by atoms with Gasteiger partial charge in [-0.3, -0.25) is 4.79 Å². The third-order valence-corrected chi connectivity index (χ3v) is 4.07. The number of carbonyl (C=O) groups is 1. The second-order valence-electron chi connectivity index (χ2n) is 6.06. The van der Waals surface area contributed by atoms with Gasteiger partial charge >= 0.3 is 5.69 Å². The smallest absolute Gasteiger partial charge is 0.324 e. The highest BCUT2D eigenvalue weighted by atomic mass is 16.6. The summed E-state index contributed by atoms with van der Waals surface area (Å²) in [6, 6.07) is 16.7. The number of nitrogens with zero attached hydrogens (tertiary/aromatic N) is 1. The Morgan fingerprint density at radius 2 is 1.85 bits per heavy atom. The van der Waals surface area contributed by atoms with E-state index in [4.69, 9.17) is 9.47 Å². The van der Waals surface area contributed by atoms with E-state index in [1.54, 1.807) is 36.4 Å². The zero-order valence-corrected chi connectivity index (χ0v) is 14.3. The number of hydrogen-bond donors (Lipinski definition) is 2.